The molecule has 0 aliphatic heterocycles. The molecule has 0 saturated heterocycles. The van der Waals surface area contributed by atoms with Crippen LogP contribution in [0.5, 0.6) is 0 Å². The minimum Gasteiger partial charge on any atom is -0.352 e. The fourth-order valence-electron chi connectivity index (χ4n) is 2.75. The van der Waals surface area contributed by atoms with Gasteiger partial charge in [0.1, 0.15) is 0 Å². The Bertz CT molecular complexity index is 1020. The second-order valence-electron chi connectivity index (χ2n) is 6.31. The average molecular weight is 407 g/mol. The van der Waals surface area contributed by atoms with Crippen molar-refractivity contribution >= 4 is 34.9 Å². The summed E-state index contributed by atoms with van der Waals surface area (Å²) in [6.07, 6.45) is 0.0696. The molecule has 3 rings (SSSR count). The van der Waals surface area contributed by atoms with E-state index in [4.69, 9.17) is 11.6 Å². The highest BCUT2D eigenvalue weighted by Crippen LogP contribution is 2.24. The quantitative estimate of drug-likeness (QED) is 0.573. The van der Waals surface area contributed by atoms with Gasteiger partial charge in [0.15, 0.2) is 5.78 Å². The topological polar surface area (TPSA) is 75.3 Å². The first kappa shape index (κ1) is 20.3. The van der Waals surface area contributed by atoms with E-state index in [0.29, 0.717) is 27.4 Å². The minimum absolute atomic E-state index is 0.0696. The molecule has 0 aliphatic carbocycles. The Labute approximate surface area is 173 Å². The van der Waals surface area contributed by atoms with Crippen molar-refractivity contribution in [1.82, 2.24) is 5.32 Å². The van der Waals surface area contributed by atoms with Gasteiger partial charge in [0.05, 0.1) is 5.69 Å². The van der Waals surface area contributed by atoms with Gasteiger partial charge in [-0.15, -0.1) is 0 Å². The van der Waals surface area contributed by atoms with Gasteiger partial charge in [0, 0.05) is 34.7 Å². The predicted molar refractivity (Wildman–Crippen MR) is 113 cm³/mol. The highest BCUT2D eigenvalue weighted by atomic mass is 35.5. The van der Waals surface area contributed by atoms with E-state index in [9.17, 15) is 14.4 Å². The molecule has 2 N–H and O–H groups in total. The molecule has 0 saturated carbocycles. The fourth-order valence-corrected chi connectivity index (χ4v) is 2.92. The summed E-state index contributed by atoms with van der Waals surface area (Å²) in [6, 6.07) is 22.3. The average Bonchev–Trinajstić information content (AvgIpc) is 2.75. The van der Waals surface area contributed by atoms with Crippen LogP contribution < -0.4 is 10.6 Å². The largest absolute Gasteiger partial charge is 0.352 e. The van der Waals surface area contributed by atoms with E-state index in [1.54, 1.807) is 60.7 Å². The molecule has 0 atom stereocenters. The van der Waals surface area contributed by atoms with E-state index in [1.807, 2.05) is 12.1 Å². The zero-order valence-electron chi connectivity index (χ0n) is 15.5. The number of benzene rings is 3. The Kier molecular flexibility index (Phi) is 6.76. The van der Waals surface area contributed by atoms with Crippen LogP contribution >= 0.6 is 11.6 Å². The van der Waals surface area contributed by atoms with Crippen LogP contribution in [0.25, 0.3) is 0 Å². The van der Waals surface area contributed by atoms with Crippen molar-refractivity contribution in [3.8, 4) is 0 Å². The molecule has 0 aliphatic rings. The molecule has 0 heterocycles. The Hall–Kier alpha value is -3.44. The van der Waals surface area contributed by atoms with Crippen molar-refractivity contribution in [2.24, 2.45) is 0 Å². The van der Waals surface area contributed by atoms with Gasteiger partial charge in [0.25, 0.3) is 5.91 Å². The lowest BCUT2D eigenvalue weighted by Crippen LogP contribution is -2.27. The van der Waals surface area contributed by atoms with Crippen LogP contribution in [0, 0.1) is 0 Å². The lowest BCUT2D eigenvalue weighted by atomic mass is 10.0. The van der Waals surface area contributed by atoms with Gasteiger partial charge in [0.2, 0.25) is 5.91 Å². The van der Waals surface area contributed by atoms with E-state index in [0.717, 1.165) is 0 Å². The van der Waals surface area contributed by atoms with Crippen molar-refractivity contribution in [3.63, 3.8) is 0 Å². The fraction of sp³-hybridized carbons (Fsp3) is 0.0870. The Balaban J connectivity index is 1.63. The van der Waals surface area contributed by atoms with Crippen molar-refractivity contribution < 1.29 is 14.4 Å². The summed E-state index contributed by atoms with van der Waals surface area (Å²) < 4.78 is 0. The van der Waals surface area contributed by atoms with Gasteiger partial charge in [-0.1, -0.05) is 60.1 Å². The molecule has 3 aromatic carbocycles. The highest BCUT2D eigenvalue weighted by Gasteiger charge is 2.16. The summed E-state index contributed by atoms with van der Waals surface area (Å²) >= 11 is 6.05. The first-order chi connectivity index (χ1) is 14.0. The van der Waals surface area contributed by atoms with E-state index >= 15 is 0 Å². The second kappa shape index (κ2) is 9.66. The molecular formula is C23H19ClN2O3. The molecule has 5 nitrogen and oxygen atoms in total. The SMILES string of the molecule is O=C(CCNC(=O)c1ccccc1)Nc1ccc(Cl)cc1C(=O)c1ccccc1. The molecule has 0 bridgehead atoms. The van der Waals surface area contributed by atoms with Crippen LogP contribution in [0.4, 0.5) is 5.69 Å². The molecular weight excluding hydrogens is 388 g/mol. The number of halogens is 1. The first-order valence-corrected chi connectivity index (χ1v) is 9.45. The number of hydrogen-bond donors (Lipinski definition) is 2. The van der Waals surface area contributed by atoms with Gasteiger partial charge in [-0.2, -0.15) is 0 Å². The number of rotatable bonds is 7. The van der Waals surface area contributed by atoms with Crippen LogP contribution in [0.3, 0.4) is 0 Å². The molecule has 0 aromatic heterocycles. The number of carbonyl (C=O) groups excluding carboxylic acids is 3. The van der Waals surface area contributed by atoms with E-state index < -0.39 is 0 Å². The zero-order valence-corrected chi connectivity index (χ0v) is 16.3. The van der Waals surface area contributed by atoms with Gasteiger partial charge in [-0.25, -0.2) is 0 Å². The third-order valence-corrected chi connectivity index (χ3v) is 4.45. The number of anilines is 1. The van der Waals surface area contributed by atoms with Crippen LogP contribution in [0.15, 0.2) is 78.9 Å². The summed E-state index contributed by atoms with van der Waals surface area (Å²) in [7, 11) is 0. The molecule has 2 amide bonds. The standard InChI is InChI=1S/C23H19ClN2O3/c24-18-11-12-20(19(15-18)22(28)16-7-3-1-4-8-16)26-21(27)13-14-25-23(29)17-9-5-2-6-10-17/h1-12,15H,13-14H2,(H,25,29)(H,26,27). The number of carbonyl (C=O) groups is 3. The lowest BCUT2D eigenvalue weighted by Gasteiger charge is -2.12. The minimum atomic E-state index is -0.317. The van der Waals surface area contributed by atoms with Crippen LogP contribution in [0.2, 0.25) is 5.02 Å². The van der Waals surface area contributed by atoms with Gasteiger partial charge in [-0.3, -0.25) is 14.4 Å². The molecule has 29 heavy (non-hydrogen) atoms. The first-order valence-electron chi connectivity index (χ1n) is 9.07. The number of nitrogens with one attached hydrogen (secondary N) is 2. The van der Waals surface area contributed by atoms with Crippen molar-refractivity contribution in [2.45, 2.75) is 6.42 Å². The van der Waals surface area contributed by atoms with Crippen LogP contribution in [-0.2, 0) is 4.79 Å². The van der Waals surface area contributed by atoms with Gasteiger partial charge in [-0.05, 0) is 30.3 Å². The van der Waals surface area contributed by atoms with E-state index in [1.165, 1.54) is 6.07 Å². The van der Waals surface area contributed by atoms with E-state index in [2.05, 4.69) is 10.6 Å². The lowest BCUT2D eigenvalue weighted by molar-refractivity contribution is -0.116. The predicted octanol–water partition coefficient (Wildman–Crippen LogP) is 4.33. The Morgan fingerprint density at radius 3 is 2.07 bits per heavy atom. The normalized spacial score (nSPS) is 10.2. The third kappa shape index (κ3) is 5.53. The maximum Gasteiger partial charge on any atom is 0.251 e. The monoisotopic (exact) mass is 406 g/mol. The number of hydrogen-bond acceptors (Lipinski definition) is 3. The smallest absolute Gasteiger partial charge is 0.251 e. The van der Waals surface area contributed by atoms with Crippen molar-refractivity contribution in [3.05, 3.63) is 101 Å². The maximum atomic E-state index is 12.8. The summed E-state index contributed by atoms with van der Waals surface area (Å²) in [5, 5.41) is 5.83. The summed E-state index contributed by atoms with van der Waals surface area (Å²) in [5.41, 5.74) is 1.72. The zero-order chi connectivity index (χ0) is 20.6. The summed E-state index contributed by atoms with van der Waals surface area (Å²) in [5.74, 6) is -0.798. The molecule has 146 valence electrons. The molecule has 0 unspecified atom stereocenters. The van der Waals surface area contributed by atoms with Crippen molar-refractivity contribution in [2.75, 3.05) is 11.9 Å². The van der Waals surface area contributed by atoms with Gasteiger partial charge < -0.3 is 10.6 Å². The molecule has 0 fully saturated rings. The highest BCUT2D eigenvalue weighted by molar-refractivity contribution is 6.31. The Morgan fingerprint density at radius 2 is 1.41 bits per heavy atom. The summed E-state index contributed by atoms with van der Waals surface area (Å²) in [4.78, 5) is 37.1. The Morgan fingerprint density at radius 1 is 0.793 bits per heavy atom. The molecule has 0 spiro atoms. The van der Waals surface area contributed by atoms with E-state index in [-0.39, 0.29) is 30.6 Å². The van der Waals surface area contributed by atoms with Crippen LogP contribution in [0.1, 0.15) is 32.7 Å². The number of amides is 2. The molecule has 3 aromatic rings. The number of ketones is 1. The molecule has 6 heteroatoms. The second-order valence-corrected chi connectivity index (χ2v) is 6.74. The van der Waals surface area contributed by atoms with Crippen molar-refractivity contribution in [1.29, 1.82) is 0 Å². The molecule has 0 radical (unpaired) electrons. The maximum absolute atomic E-state index is 12.8. The third-order valence-electron chi connectivity index (χ3n) is 4.21. The van der Waals surface area contributed by atoms with Crippen LogP contribution in [-0.4, -0.2) is 24.1 Å². The summed E-state index contributed by atoms with van der Waals surface area (Å²) in [6.45, 7) is 0.176. The van der Waals surface area contributed by atoms with Gasteiger partial charge >= 0.3 is 0 Å².